The number of rotatable bonds is 19. The molecular weight excluding hydrogens is 450 g/mol. The van der Waals surface area contributed by atoms with Crippen LogP contribution in [0.1, 0.15) is 75.7 Å². The first-order valence-electron chi connectivity index (χ1n) is 13.4. The van der Waals surface area contributed by atoms with Crippen LogP contribution in [0.3, 0.4) is 0 Å². The van der Waals surface area contributed by atoms with Gasteiger partial charge in [0.15, 0.2) is 0 Å². The predicted octanol–water partition coefficient (Wildman–Crippen LogP) is 7.32. The molecule has 0 fully saturated rings. The van der Waals surface area contributed by atoms with E-state index in [0.717, 1.165) is 23.6 Å². The number of hydrogen-bond donors (Lipinski definition) is 0. The molecule has 0 aromatic heterocycles. The summed E-state index contributed by atoms with van der Waals surface area (Å²) >= 11 is 0. The van der Waals surface area contributed by atoms with E-state index < -0.39 is 0 Å². The summed E-state index contributed by atoms with van der Waals surface area (Å²) in [6.45, 7) is 24.2. The van der Waals surface area contributed by atoms with Gasteiger partial charge in [-0.05, 0) is 63.2 Å². The van der Waals surface area contributed by atoms with Crippen molar-refractivity contribution in [3.05, 3.63) is 36.8 Å². The van der Waals surface area contributed by atoms with Gasteiger partial charge < -0.3 is 14.2 Å². The van der Waals surface area contributed by atoms with Crippen LogP contribution in [0, 0.1) is 23.2 Å². The van der Waals surface area contributed by atoms with Gasteiger partial charge in [-0.25, -0.2) is 0 Å². The Morgan fingerprint density at radius 3 is 1.08 bits per heavy atom. The minimum Gasteiger partial charge on any atom is -0.377 e. The molecule has 0 aromatic rings. The van der Waals surface area contributed by atoms with E-state index in [9.17, 15) is 0 Å². The molecule has 0 N–H and O–H groups in total. The molecule has 0 aliphatic rings. The van der Waals surface area contributed by atoms with Crippen LogP contribution in [0.25, 0.3) is 0 Å². The number of nitrogens with zero attached hydrogens (tertiary/aromatic N) is 3. The Hall–Kier alpha value is -1.89. The van der Waals surface area contributed by atoms with E-state index in [1.165, 1.54) is 0 Å². The summed E-state index contributed by atoms with van der Waals surface area (Å²) in [4.78, 5) is 13.4. The lowest BCUT2D eigenvalue weighted by atomic mass is 9.88. The van der Waals surface area contributed by atoms with Gasteiger partial charge in [-0.1, -0.05) is 48.5 Å². The monoisotopic (exact) mass is 503 g/mol. The Kier molecular flexibility index (Phi) is 19.1. The number of hydrogen-bond acceptors (Lipinski definition) is 6. The van der Waals surface area contributed by atoms with E-state index in [1.807, 2.05) is 57.6 Å². The third-order valence-electron chi connectivity index (χ3n) is 6.27. The van der Waals surface area contributed by atoms with E-state index in [-0.39, 0.29) is 5.41 Å². The van der Waals surface area contributed by atoms with Crippen molar-refractivity contribution in [2.75, 3.05) is 39.6 Å². The van der Waals surface area contributed by atoms with E-state index in [4.69, 9.17) is 14.2 Å². The second kappa shape index (κ2) is 20.2. The normalized spacial score (nSPS) is 16.1. The van der Waals surface area contributed by atoms with Crippen molar-refractivity contribution in [2.24, 2.45) is 38.1 Å². The average molecular weight is 504 g/mol. The van der Waals surface area contributed by atoms with Crippen molar-refractivity contribution >= 4 is 17.1 Å². The van der Waals surface area contributed by atoms with E-state index >= 15 is 0 Å². The second-order valence-electron chi connectivity index (χ2n) is 10.3. The van der Waals surface area contributed by atoms with Crippen LogP contribution >= 0.6 is 0 Å². The van der Waals surface area contributed by atoms with Crippen molar-refractivity contribution in [3.63, 3.8) is 0 Å². The molecule has 0 atom stereocenters. The Balaban J connectivity index is 4.97. The molecule has 0 unspecified atom stereocenters. The molecule has 0 radical (unpaired) electrons. The lowest BCUT2D eigenvalue weighted by Gasteiger charge is -2.31. The predicted molar refractivity (Wildman–Crippen MR) is 156 cm³/mol. The maximum atomic E-state index is 6.01. The van der Waals surface area contributed by atoms with Crippen LogP contribution in [0.5, 0.6) is 0 Å². The van der Waals surface area contributed by atoms with Crippen LogP contribution in [0.4, 0.5) is 0 Å². The van der Waals surface area contributed by atoms with Gasteiger partial charge in [0.05, 0.1) is 39.6 Å². The van der Waals surface area contributed by atoms with Crippen molar-refractivity contribution in [1.82, 2.24) is 0 Å². The largest absolute Gasteiger partial charge is 0.377 e. The van der Waals surface area contributed by atoms with Crippen molar-refractivity contribution in [2.45, 2.75) is 75.7 Å². The molecule has 0 aromatic carbocycles. The van der Waals surface area contributed by atoms with Gasteiger partial charge in [-0.3, -0.25) is 15.0 Å². The second-order valence-corrected chi connectivity index (χ2v) is 10.3. The topological polar surface area (TPSA) is 64.8 Å². The van der Waals surface area contributed by atoms with Crippen molar-refractivity contribution in [1.29, 1.82) is 0 Å². The molecule has 0 bridgehead atoms. The molecule has 0 amide bonds. The molecule has 0 saturated heterocycles. The summed E-state index contributed by atoms with van der Waals surface area (Å²) in [5.41, 5.74) is 3.09. The van der Waals surface area contributed by atoms with Crippen LogP contribution in [-0.4, -0.2) is 56.8 Å². The lowest BCUT2D eigenvalue weighted by molar-refractivity contribution is -0.0588. The summed E-state index contributed by atoms with van der Waals surface area (Å²) in [5.74, 6) is 1.34. The van der Waals surface area contributed by atoms with Gasteiger partial charge in [0, 0.05) is 41.1 Å². The fraction of sp³-hybridized carbons (Fsp3) is 0.700. The summed E-state index contributed by atoms with van der Waals surface area (Å²) in [7, 11) is 0. The van der Waals surface area contributed by atoms with Gasteiger partial charge >= 0.3 is 0 Å². The molecular formula is C30H53N3O3. The highest BCUT2D eigenvalue weighted by Crippen LogP contribution is 2.24. The zero-order valence-electron chi connectivity index (χ0n) is 24.7. The van der Waals surface area contributed by atoms with E-state index in [0.29, 0.717) is 57.4 Å². The smallest absolute Gasteiger partial charge is 0.0665 e. The summed E-state index contributed by atoms with van der Waals surface area (Å²) in [5, 5.41) is 0. The van der Waals surface area contributed by atoms with Crippen molar-refractivity contribution < 1.29 is 14.2 Å². The Labute approximate surface area is 221 Å². The molecule has 206 valence electrons. The first kappa shape index (κ1) is 34.1. The van der Waals surface area contributed by atoms with E-state index in [2.05, 4.69) is 63.4 Å². The zero-order chi connectivity index (χ0) is 27.4. The summed E-state index contributed by atoms with van der Waals surface area (Å²) in [6, 6.07) is 0. The fourth-order valence-corrected chi connectivity index (χ4v) is 2.55. The number of aliphatic imine (C=N–C) groups is 3. The standard InChI is InChI=1S/C30H53N3O3/c1-11-30(21-34-18-12-15-31-27(8)24(2)3,22-35-19-13-16-32-28(9)25(4)5)23-36-20-14-17-33-29(10)26(6)7/h12-17,24-26H,11,18-23H2,1-10H3. The van der Waals surface area contributed by atoms with Crippen LogP contribution in [0.15, 0.2) is 51.8 Å². The van der Waals surface area contributed by atoms with Crippen LogP contribution in [-0.2, 0) is 14.2 Å². The molecule has 0 saturated carbocycles. The SMILES string of the molecule is CCC(COCC=CN=C(C)C(C)C)(COCC=CN=C(C)C(C)C)COCC=CN=C(C)C(C)C. The quantitative estimate of drug-likeness (QED) is 0.137. The Morgan fingerprint density at radius 1 is 0.583 bits per heavy atom. The molecule has 0 aliphatic carbocycles. The van der Waals surface area contributed by atoms with Gasteiger partial charge in [0.1, 0.15) is 0 Å². The highest BCUT2D eigenvalue weighted by atomic mass is 16.5. The minimum absolute atomic E-state index is 0.235. The van der Waals surface area contributed by atoms with Gasteiger partial charge in [-0.2, -0.15) is 0 Å². The average Bonchev–Trinajstić information content (AvgIpc) is 2.84. The highest BCUT2D eigenvalue weighted by molar-refractivity contribution is 5.84. The zero-order valence-corrected chi connectivity index (χ0v) is 24.7. The molecule has 0 spiro atoms. The van der Waals surface area contributed by atoms with E-state index in [1.54, 1.807) is 0 Å². The minimum atomic E-state index is -0.235. The molecule has 6 heteroatoms. The molecule has 0 heterocycles. The molecule has 0 aliphatic heterocycles. The third kappa shape index (κ3) is 16.7. The lowest BCUT2D eigenvalue weighted by Crippen LogP contribution is -2.37. The van der Waals surface area contributed by atoms with Crippen LogP contribution < -0.4 is 0 Å². The third-order valence-corrected chi connectivity index (χ3v) is 6.27. The van der Waals surface area contributed by atoms with Gasteiger partial charge in [-0.15, -0.1) is 0 Å². The van der Waals surface area contributed by atoms with Gasteiger partial charge in [0.25, 0.3) is 0 Å². The molecule has 36 heavy (non-hydrogen) atoms. The molecule has 6 nitrogen and oxygen atoms in total. The summed E-state index contributed by atoms with van der Waals surface area (Å²) in [6.07, 6.45) is 12.2. The van der Waals surface area contributed by atoms with Gasteiger partial charge in [0.2, 0.25) is 0 Å². The first-order valence-corrected chi connectivity index (χ1v) is 13.4. The fourth-order valence-electron chi connectivity index (χ4n) is 2.55. The summed E-state index contributed by atoms with van der Waals surface area (Å²) < 4.78 is 18.0. The van der Waals surface area contributed by atoms with Crippen molar-refractivity contribution in [3.8, 4) is 0 Å². The maximum absolute atomic E-state index is 6.01. The highest BCUT2D eigenvalue weighted by Gasteiger charge is 2.29. The Bertz CT molecular complexity index is 662. The Morgan fingerprint density at radius 2 is 0.861 bits per heavy atom. The van der Waals surface area contributed by atoms with Crippen LogP contribution in [0.2, 0.25) is 0 Å². The maximum Gasteiger partial charge on any atom is 0.0665 e. The first-order chi connectivity index (χ1) is 17.0. The molecule has 0 rings (SSSR count). The number of ether oxygens (including phenoxy) is 3.